The summed E-state index contributed by atoms with van der Waals surface area (Å²) in [5, 5.41) is 8.66. The van der Waals surface area contributed by atoms with Crippen LogP contribution in [0.2, 0.25) is 0 Å². The lowest BCUT2D eigenvalue weighted by Crippen LogP contribution is -2.46. The molecular formula is C22H31N3O2S. The van der Waals surface area contributed by atoms with Gasteiger partial charge in [0.15, 0.2) is 0 Å². The average molecular weight is 402 g/mol. The number of carbonyl (C=O) groups excluding carboxylic acids is 1. The highest BCUT2D eigenvalue weighted by atomic mass is 32.1. The fraction of sp³-hybridized carbons (Fsp3) is 0.500. The van der Waals surface area contributed by atoms with Gasteiger partial charge in [-0.05, 0) is 35.9 Å². The van der Waals surface area contributed by atoms with Crippen LogP contribution in [0.15, 0.2) is 41.8 Å². The van der Waals surface area contributed by atoms with Crippen molar-refractivity contribution in [3.8, 4) is 0 Å². The molecule has 152 valence electrons. The molecule has 28 heavy (non-hydrogen) atoms. The summed E-state index contributed by atoms with van der Waals surface area (Å²) in [5.74, 6) is 0.365. The summed E-state index contributed by atoms with van der Waals surface area (Å²) in [7, 11) is 0. The van der Waals surface area contributed by atoms with Gasteiger partial charge in [-0.15, -0.1) is 11.3 Å². The number of carbonyl (C=O) groups is 1. The molecule has 2 N–H and O–H groups in total. The van der Waals surface area contributed by atoms with E-state index in [1.807, 2.05) is 25.1 Å². The monoisotopic (exact) mass is 401 g/mol. The van der Waals surface area contributed by atoms with Crippen molar-refractivity contribution in [1.29, 1.82) is 0 Å². The molecule has 1 aliphatic heterocycles. The van der Waals surface area contributed by atoms with Gasteiger partial charge >= 0.3 is 0 Å². The first-order valence-electron chi connectivity index (χ1n) is 10.0. The molecule has 1 aliphatic rings. The van der Waals surface area contributed by atoms with Gasteiger partial charge in [0.1, 0.15) is 0 Å². The number of nitrogens with zero attached hydrogens (tertiary/aromatic N) is 1. The van der Waals surface area contributed by atoms with Crippen molar-refractivity contribution < 1.29 is 9.53 Å². The Kier molecular flexibility index (Phi) is 7.62. The average Bonchev–Trinajstić information content (AvgIpc) is 3.23. The first kappa shape index (κ1) is 21.0. The van der Waals surface area contributed by atoms with E-state index in [9.17, 15) is 4.79 Å². The van der Waals surface area contributed by atoms with Crippen molar-refractivity contribution in [2.75, 3.05) is 38.2 Å². The predicted molar refractivity (Wildman–Crippen MR) is 116 cm³/mol. The summed E-state index contributed by atoms with van der Waals surface area (Å²) >= 11 is 1.77. The molecule has 2 atom stereocenters. The Bertz CT molecular complexity index is 742. The van der Waals surface area contributed by atoms with E-state index in [1.54, 1.807) is 11.3 Å². The Labute approximate surface area is 172 Å². The molecule has 2 unspecified atom stereocenters. The fourth-order valence-corrected chi connectivity index (χ4v) is 4.38. The molecular weight excluding hydrogens is 370 g/mol. The molecule has 3 rings (SSSR count). The Morgan fingerprint density at radius 1 is 1.14 bits per heavy atom. The maximum atomic E-state index is 12.8. The summed E-state index contributed by atoms with van der Waals surface area (Å²) in [5.41, 5.74) is 2.06. The molecule has 0 radical (unpaired) electrons. The Hall–Kier alpha value is -1.73. The van der Waals surface area contributed by atoms with E-state index in [-0.39, 0.29) is 18.0 Å². The summed E-state index contributed by atoms with van der Waals surface area (Å²) in [6, 6.07) is 12.3. The summed E-state index contributed by atoms with van der Waals surface area (Å²) < 4.78 is 5.51. The van der Waals surface area contributed by atoms with Crippen molar-refractivity contribution in [2.24, 2.45) is 0 Å². The Balaban J connectivity index is 1.61. The minimum absolute atomic E-state index is 0.00000656. The fourth-order valence-electron chi connectivity index (χ4n) is 3.52. The third-order valence-corrected chi connectivity index (χ3v) is 6.18. The highest BCUT2D eigenvalue weighted by molar-refractivity contribution is 7.10. The van der Waals surface area contributed by atoms with E-state index in [0.717, 1.165) is 44.1 Å². The van der Waals surface area contributed by atoms with Crippen LogP contribution >= 0.6 is 11.3 Å². The minimum atomic E-state index is -0.274. The maximum Gasteiger partial charge on any atom is 0.241 e. The van der Waals surface area contributed by atoms with E-state index in [4.69, 9.17) is 4.74 Å². The third kappa shape index (κ3) is 5.41. The number of amides is 1. The van der Waals surface area contributed by atoms with Crippen molar-refractivity contribution in [1.82, 2.24) is 10.2 Å². The number of ether oxygens (including phenoxy) is 1. The van der Waals surface area contributed by atoms with Crippen LogP contribution in [0.5, 0.6) is 0 Å². The lowest BCUT2D eigenvalue weighted by Gasteiger charge is -2.34. The third-order valence-electron chi connectivity index (χ3n) is 5.21. The van der Waals surface area contributed by atoms with Crippen LogP contribution in [0.25, 0.3) is 0 Å². The molecule has 1 amide bonds. The number of hydrogen-bond donors (Lipinski definition) is 2. The summed E-state index contributed by atoms with van der Waals surface area (Å²) in [6.07, 6.45) is 0. The second-order valence-corrected chi connectivity index (χ2v) is 8.52. The van der Waals surface area contributed by atoms with Crippen LogP contribution in [0, 0.1) is 0 Å². The molecule has 6 heteroatoms. The topological polar surface area (TPSA) is 53.6 Å². The van der Waals surface area contributed by atoms with Gasteiger partial charge < -0.3 is 15.4 Å². The maximum absolute atomic E-state index is 12.8. The van der Waals surface area contributed by atoms with Gasteiger partial charge in [-0.3, -0.25) is 9.69 Å². The van der Waals surface area contributed by atoms with Crippen LogP contribution < -0.4 is 10.6 Å². The van der Waals surface area contributed by atoms with Crippen molar-refractivity contribution in [3.63, 3.8) is 0 Å². The van der Waals surface area contributed by atoms with Gasteiger partial charge in [0.25, 0.3) is 0 Å². The highest BCUT2D eigenvalue weighted by Crippen LogP contribution is 2.26. The molecule has 1 aromatic carbocycles. The van der Waals surface area contributed by atoms with Gasteiger partial charge in [-0.25, -0.2) is 0 Å². The Morgan fingerprint density at radius 3 is 2.57 bits per heavy atom. The predicted octanol–water partition coefficient (Wildman–Crippen LogP) is 3.86. The van der Waals surface area contributed by atoms with Crippen LogP contribution in [0.4, 0.5) is 5.69 Å². The van der Waals surface area contributed by atoms with Crippen molar-refractivity contribution in [3.05, 3.63) is 52.2 Å². The molecule has 2 aromatic rings. The van der Waals surface area contributed by atoms with Gasteiger partial charge in [0, 0.05) is 30.2 Å². The summed E-state index contributed by atoms with van der Waals surface area (Å²) in [4.78, 5) is 16.5. The van der Waals surface area contributed by atoms with E-state index in [0.29, 0.717) is 5.92 Å². The second-order valence-electron chi connectivity index (χ2n) is 7.54. The van der Waals surface area contributed by atoms with E-state index < -0.39 is 0 Å². The SMILES string of the molecule is CC(NCC(c1cccs1)N1CCOCC1)C(=O)Nc1ccccc1C(C)C. The molecule has 1 saturated heterocycles. The zero-order valence-electron chi connectivity index (χ0n) is 17.0. The first-order valence-corrected chi connectivity index (χ1v) is 10.9. The Morgan fingerprint density at radius 2 is 1.89 bits per heavy atom. The smallest absolute Gasteiger partial charge is 0.241 e. The van der Waals surface area contributed by atoms with Crippen LogP contribution in [0.1, 0.15) is 43.2 Å². The largest absolute Gasteiger partial charge is 0.379 e. The number of para-hydroxylation sites is 1. The van der Waals surface area contributed by atoms with Crippen LogP contribution in [0.3, 0.4) is 0 Å². The van der Waals surface area contributed by atoms with Gasteiger partial charge in [0.2, 0.25) is 5.91 Å². The zero-order chi connectivity index (χ0) is 19.9. The van der Waals surface area contributed by atoms with Gasteiger partial charge in [-0.1, -0.05) is 38.1 Å². The van der Waals surface area contributed by atoms with Gasteiger partial charge in [-0.2, -0.15) is 0 Å². The highest BCUT2D eigenvalue weighted by Gasteiger charge is 2.25. The standard InChI is InChI=1S/C22H31N3O2S/c1-16(2)18-7-4-5-8-19(18)24-22(26)17(3)23-15-20(21-9-6-14-28-21)25-10-12-27-13-11-25/h4-9,14,16-17,20,23H,10-13,15H2,1-3H3,(H,24,26). The van der Waals surface area contributed by atoms with E-state index in [2.05, 4.69) is 53.0 Å². The molecule has 0 saturated carbocycles. The first-order chi connectivity index (χ1) is 13.6. The molecule has 0 bridgehead atoms. The lowest BCUT2D eigenvalue weighted by atomic mass is 10.0. The summed E-state index contributed by atoms with van der Waals surface area (Å²) in [6.45, 7) is 10.3. The normalized spacial score (nSPS) is 17.4. The number of hydrogen-bond acceptors (Lipinski definition) is 5. The second kappa shape index (κ2) is 10.2. The number of benzene rings is 1. The number of morpholine rings is 1. The van der Waals surface area contributed by atoms with Crippen molar-refractivity contribution >= 4 is 22.9 Å². The molecule has 1 aromatic heterocycles. The molecule has 0 aliphatic carbocycles. The number of rotatable bonds is 8. The molecule has 0 spiro atoms. The zero-order valence-corrected chi connectivity index (χ0v) is 17.8. The van der Waals surface area contributed by atoms with Crippen LogP contribution in [-0.4, -0.2) is 49.7 Å². The minimum Gasteiger partial charge on any atom is -0.379 e. The lowest BCUT2D eigenvalue weighted by molar-refractivity contribution is -0.117. The number of nitrogens with one attached hydrogen (secondary N) is 2. The van der Waals surface area contributed by atoms with E-state index in [1.165, 1.54) is 4.88 Å². The van der Waals surface area contributed by atoms with Crippen molar-refractivity contribution in [2.45, 2.75) is 38.8 Å². The number of thiophene rings is 1. The van der Waals surface area contributed by atoms with Gasteiger partial charge in [0.05, 0.1) is 25.3 Å². The quantitative estimate of drug-likeness (QED) is 0.705. The molecule has 1 fully saturated rings. The molecule has 2 heterocycles. The van der Waals surface area contributed by atoms with E-state index >= 15 is 0 Å². The molecule has 5 nitrogen and oxygen atoms in total. The number of anilines is 1. The van der Waals surface area contributed by atoms with Crippen LogP contribution in [-0.2, 0) is 9.53 Å².